The third-order valence-corrected chi connectivity index (χ3v) is 5.78. The van der Waals surface area contributed by atoms with Crippen LogP contribution in [0.15, 0.2) is 36.9 Å². The van der Waals surface area contributed by atoms with E-state index in [0.29, 0.717) is 0 Å². The smallest absolute Gasteiger partial charge is 0.136 e. The zero-order chi connectivity index (χ0) is 20.8. The van der Waals surface area contributed by atoms with E-state index in [2.05, 4.69) is 59.5 Å². The van der Waals surface area contributed by atoms with Crippen molar-refractivity contribution in [3.63, 3.8) is 0 Å². The minimum Gasteiger partial charge on any atom is -0.392 e. The second-order valence-electron chi connectivity index (χ2n) is 8.07. The normalized spacial score (nSPS) is 16.1. The van der Waals surface area contributed by atoms with Gasteiger partial charge in [-0.2, -0.15) is 0 Å². The van der Waals surface area contributed by atoms with Gasteiger partial charge < -0.3 is 10.0 Å². The molecule has 5 heteroatoms. The highest BCUT2D eigenvalue weighted by molar-refractivity contribution is 5.52. The van der Waals surface area contributed by atoms with Crippen molar-refractivity contribution in [2.24, 2.45) is 0 Å². The van der Waals surface area contributed by atoms with Gasteiger partial charge in [0, 0.05) is 50.4 Å². The van der Waals surface area contributed by atoms with Gasteiger partial charge in [0.15, 0.2) is 0 Å². The van der Waals surface area contributed by atoms with Crippen LogP contribution < -0.4 is 4.90 Å². The third kappa shape index (κ3) is 5.64. The summed E-state index contributed by atoms with van der Waals surface area (Å²) in [6, 6.07) is 8.54. The molecule has 1 N–H and O–H groups in total. The molecule has 0 amide bonds. The predicted octanol–water partition coefficient (Wildman–Crippen LogP) is 3.44. The molecule has 156 valence electrons. The van der Waals surface area contributed by atoms with Gasteiger partial charge in [0.1, 0.15) is 11.6 Å². The Kier molecular flexibility index (Phi) is 7.40. The van der Waals surface area contributed by atoms with Gasteiger partial charge in [-0.3, -0.25) is 4.90 Å². The summed E-state index contributed by atoms with van der Waals surface area (Å²) in [6.07, 6.45) is 4.10. The molecule has 0 unspecified atom stereocenters. The maximum atomic E-state index is 10.2. The van der Waals surface area contributed by atoms with Crippen LogP contribution in [-0.4, -0.2) is 58.8 Å². The largest absolute Gasteiger partial charge is 0.392 e. The molecule has 1 fully saturated rings. The molecule has 1 aliphatic heterocycles. The summed E-state index contributed by atoms with van der Waals surface area (Å²) in [5.41, 5.74) is 4.92. The average Bonchev–Trinajstić information content (AvgIpc) is 2.70. The molecule has 0 bridgehead atoms. The van der Waals surface area contributed by atoms with E-state index in [4.69, 9.17) is 4.98 Å². The molecule has 0 aliphatic carbocycles. The van der Waals surface area contributed by atoms with E-state index in [1.165, 1.54) is 16.7 Å². The fourth-order valence-corrected chi connectivity index (χ4v) is 4.03. The van der Waals surface area contributed by atoms with Crippen LogP contribution in [-0.2, 0) is 6.42 Å². The van der Waals surface area contributed by atoms with E-state index in [-0.39, 0.29) is 6.10 Å². The fourth-order valence-electron chi connectivity index (χ4n) is 4.03. The lowest BCUT2D eigenvalue weighted by atomic mass is 9.99. The number of aryl methyl sites for hydroxylation is 3. The zero-order valence-electron chi connectivity index (χ0n) is 18.1. The van der Waals surface area contributed by atoms with Crippen molar-refractivity contribution in [1.82, 2.24) is 14.9 Å². The Labute approximate surface area is 175 Å². The van der Waals surface area contributed by atoms with Crippen molar-refractivity contribution in [3.05, 3.63) is 65.1 Å². The molecule has 1 aromatic carbocycles. The van der Waals surface area contributed by atoms with Gasteiger partial charge in [-0.05, 0) is 44.7 Å². The van der Waals surface area contributed by atoms with Crippen LogP contribution in [0.1, 0.15) is 41.1 Å². The monoisotopic (exact) mass is 394 g/mol. The molecule has 3 rings (SSSR count). The van der Waals surface area contributed by atoms with Gasteiger partial charge in [0.25, 0.3) is 0 Å². The topological polar surface area (TPSA) is 52.5 Å². The standard InChI is InChI=1S/C24H34N4O/c1-5-6-11-22(29)17-27-12-14-28(15-13-27)24-23(19(3)25-20(4)26-24)16-21-10-8-7-9-18(21)2/h5,7-10,22,29H,1,6,11-17H2,2-4H3/t22-/m1/s1. The van der Waals surface area contributed by atoms with Crippen LogP contribution in [0.3, 0.4) is 0 Å². The maximum absolute atomic E-state index is 10.2. The van der Waals surface area contributed by atoms with Crippen molar-refractivity contribution < 1.29 is 5.11 Å². The first kappa shape index (κ1) is 21.5. The van der Waals surface area contributed by atoms with Crippen LogP contribution in [0, 0.1) is 20.8 Å². The minimum atomic E-state index is -0.278. The lowest BCUT2D eigenvalue weighted by molar-refractivity contribution is 0.103. The Bertz CT molecular complexity index is 828. The zero-order valence-corrected chi connectivity index (χ0v) is 18.1. The molecule has 2 heterocycles. The Balaban J connectivity index is 1.72. The Morgan fingerprint density at radius 2 is 1.83 bits per heavy atom. The molecule has 0 radical (unpaired) electrons. The number of hydrogen-bond acceptors (Lipinski definition) is 5. The summed E-state index contributed by atoms with van der Waals surface area (Å²) in [5.74, 6) is 1.90. The Morgan fingerprint density at radius 1 is 1.10 bits per heavy atom. The number of anilines is 1. The van der Waals surface area contributed by atoms with E-state index in [0.717, 1.165) is 69.3 Å². The molecular weight excluding hydrogens is 360 g/mol. The molecule has 2 aromatic rings. The van der Waals surface area contributed by atoms with Crippen molar-refractivity contribution in [1.29, 1.82) is 0 Å². The first-order valence-electron chi connectivity index (χ1n) is 10.6. The molecule has 5 nitrogen and oxygen atoms in total. The van der Waals surface area contributed by atoms with E-state index in [1.54, 1.807) is 0 Å². The highest BCUT2D eigenvalue weighted by Gasteiger charge is 2.23. The SMILES string of the molecule is C=CCC[C@@H](O)CN1CCN(c2nc(C)nc(C)c2Cc2ccccc2C)CC1. The van der Waals surface area contributed by atoms with E-state index >= 15 is 0 Å². The number of nitrogens with zero attached hydrogens (tertiary/aromatic N) is 4. The van der Waals surface area contributed by atoms with Crippen LogP contribution in [0.4, 0.5) is 5.82 Å². The average molecular weight is 395 g/mol. The molecule has 29 heavy (non-hydrogen) atoms. The number of hydrogen-bond donors (Lipinski definition) is 1. The second-order valence-corrected chi connectivity index (χ2v) is 8.07. The lowest BCUT2D eigenvalue weighted by Crippen LogP contribution is -2.49. The molecule has 1 saturated heterocycles. The molecule has 0 spiro atoms. The second kappa shape index (κ2) is 9.99. The van der Waals surface area contributed by atoms with Gasteiger partial charge in [0.05, 0.1) is 6.10 Å². The Morgan fingerprint density at radius 3 is 2.52 bits per heavy atom. The summed E-state index contributed by atoms with van der Waals surface area (Å²) >= 11 is 0. The van der Waals surface area contributed by atoms with Gasteiger partial charge in [-0.25, -0.2) is 9.97 Å². The molecule has 1 aliphatic rings. The first-order chi connectivity index (χ1) is 14.0. The maximum Gasteiger partial charge on any atom is 0.136 e. The van der Waals surface area contributed by atoms with Crippen LogP contribution >= 0.6 is 0 Å². The van der Waals surface area contributed by atoms with Crippen LogP contribution in [0.25, 0.3) is 0 Å². The van der Waals surface area contributed by atoms with Crippen LogP contribution in [0.2, 0.25) is 0 Å². The van der Waals surface area contributed by atoms with Gasteiger partial charge in [0.2, 0.25) is 0 Å². The number of aliphatic hydroxyl groups is 1. The minimum absolute atomic E-state index is 0.278. The summed E-state index contributed by atoms with van der Waals surface area (Å²) < 4.78 is 0. The molecular formula is C24H34N4O. The van der Waals surface area contributed by atoms with E-state index in [1.807, 2.05) is 13.0 Å². The highest BCUT2D eigenvalue weighted by atomic mass is 16.3. The van der Waals surface area contributed by atoms with E-state index in [9.17, 15) is 5.11 Å². The summed E-state index contributed by atoms with van der Waals surface area (Å²) in [7, 11) is 0. The number of aromatic nitrogens is 2. The van der Waals surface area contributed by atoms with Crippen molar-refractivity contribution >= 4 is 5.82 Å². The first-order valence-corrected chi connectivity index (χ1v) is 10.6. The van der Waals surface area contributed by atoms with Gasteiger partial charge >= 0.3 is 0 Å². The Hall–Kier alpha value is -2.24. The number of allylic oxidation sites excluding steroid dienone is 1. The third-order valence-electron chi connectivity index (χ3n) is 5.78. The van der Waals surface area contributed by atoms with E-state index < -0.39 is 0 Å². The number of β-amino-alcohol motifs (C(OH)–C–C–N with tert-alkyl or cyclic N) is 1. The van der Waals surface area contributed by atoms with Gasteiger partial charge in [-0.1, -0.05) is 30.3 Å². The molecule has 1 atom stereocenters. The van der Waals surface area contributed by atoms with Gasteiger partial charge in [-0.15, -0.1) is 6.58 Å². The summed E-state index contributed by atoms with van der Waals surface area (Å²) in [4.78, 5) is 14.2. The van der Waals surface area contributed by atoms with Crippen molar-refractivity contribution in [2.75, 3.05) is 37.6 Å². The van der Waals surface area contributed by atoms with Crippen molar-refractivity contribution in [3.8, 4) is 0 Å². The number of benzene rings is 1. The number of piperazine rings is 1. The quantitative estimate of drug-likeness (QED) is 0.695. The highest BCUT2D eigenvalue weighted by Crippen LogP contribution is 2.26. The number of rotatable bonds is 8. The predicted molar refractivity (Wildman–Crippen MR) is 120 cm³/mol. The molecule has 0 saturated carbocycles. The van der Waals surface area contributed by atoms with Crippen LogP contribution in [0.5, 0.6) is 0 Å². The summed E-state index contributed by atoms with van der Waals surface area (Å²) in [5, 5.41) is 10.2. The summed E-state index contributed by atoms with van der Waals surface area (Å²) in [6.45, 7) is 14.4. The molecule has 1 aromatic heterocycles. The fraction of sp³-hybridized carbons (Fsp3) is 0.500. The number of aliphatic hydroxyl groups excluding tert-OH is 1. The lowest BCUT2D eigenvalue weighted by Gasteiger charge is -2.37. The van der Waals surface area contributed by atoms with Crippen molar-refractivity contribution in [2.45, 2.75) is 46.1 Å².